The van der Waals surface area contributed by atoms with Crippen molar-refractivity contribution in [1.29, 1.82) is 0 Å². The van der Waals surface area contributed by atoms with E-state index in [1.54, 1.807) is 12.1 Å². The highest BCUT2D eigenvalue weighted by Crippen LogP contribution is 2.39. The van der Waals surface area contributed by atoms with Crippen LogP contribution in [0.2, 0.25) is 0 Å². The third-order valence-electron chi connectivity index (χ3n) is 4.15. The first-order chi connectivity index (χ1) is 8.90. The molecule has 1 fully saturated rings. The molecule has 0 aromatic heterocycles. The first kappa shape index (κ1) is 14.1. The molecule has 1 aromatic rings. The Labute approximate surface area is 115 Å². The van der Waals surface area contributed by atoms with Gasteiger partial charge >= 0.3 is 0 Å². The summed E-state index contributed by atoms with van der Waals surface area (Å²) in [7, 11) is 0. The second kappa shape index (κ2) is 5.33. The van der Waals surface area contributed by atoms with E-state index in [4.69, 9.17) is 0 Å². The van der Waals surface area contributed by atoms with Crippen LogP contribution in [0.15, 0.2) is 30.3 Å². The van der Waals surface area contributed by atoms with Crippen molar-refractivity contribution in [1.82, 2.24) is 5.32 Å². The van der Waals surface area contributed by atoms with E-state index in [1.807, 2.05) is 18.2 Å². The van der Waals surface area contributed by atoms with Gasteiger partial charge in [-0.2, -0.15) is 0 Å². The molecule has 1 amide bonds. The van der Waals surface area contributed by atoms with Crippen LogP contribution in [0.25, 0.3) is 0 Å². The summed E-state index contributed by atoms with van der Waals surface area (Å²) >= 11 is 0. The number of rotatable bonds is 3. The number of amides is 1. The quantitative estimate of drug-likeness (QED) is 0.879. The average molecular weight is 261 g/mol. The fraction of sp³-hybridized carbons (Fsp3) is 0.562. The van der Waals surface area contributed by atoms with Gasteiger partial charge in [0.2, 0.25) is 0 Å². The lowest BCUT2D eigenvalue weighted by molar-refractivity contribution is -0.0233. The van der Waals surface area contributed by atoms with Gasteiger partial charge in [-0.05, 0) is 43.2 Å². The second-order valence-electron chi connectivity index (χ2n) is 6.44. The van der Waals surface area contributed by atoms with Gasteiger partial charge in [-0.15, -0.1) is 0 Å². The van der Waals surface area contributed by atoms with E-state index in [1.165, 1.54) is 0 Å². The van der Waals surface area contributed by atoms with Crippen molar-refractivity contribution < 1.29 is 9.90 Å². The lowest BCUT2D eigenvalue weighted by Crippen LogP contribution is -2.46. The van der Waals surface area contributed by atoms with Gasteiger partial charge in [0.1, 0.15) is 0 Å². The van der Waals surface area contributed by atoms with E-state index < -0.39 is 5.60 Å². The minimum Gasteiger partial charge on any atom is -0.388 e. The number of carbonyl (C=O) groups excluding carboxylic acids is 1. The van der Waals surface area contributed by atoms with Crippen LogP contribution in [-0.4, -0.2) is 23.2 Å². The van der Waals surface area contributed by atoms with Crippen molar-refractivity contribution in [3.05, 3.63) is 35.9 Å². The maximum absolute atomic E-state index is 11.9. The fourth-order valence-electron chi connectivity index (χ4n) is 2.51. The number of hydrogen-bond acceptors (Lipinski definition) is 2. The van der Waals surface area contributed by atoms with Gasteiger partial charge < -0.3 is 10.4 Å². The van der Waals surface area contributed by atoms with Crippen molar-refractivity contribution in [3.8, 4) is 0 Å². The molecule has 104 valence electrons. The smallest absolute Gasteiger partial charge is 0.251 e. The van der Waals surface area contributed by atoms with E-state index >= 15 is 0 Å². The molecule has 0 atom stereocenters. The molecule has 0 saturated heterocycles. The van der Waals surface area contributed by atoms with Crippen LogP contribution in [0, 0.1) is 5.41 Å². The van der Waals surface area contributed by atoms with Gasteiger partial charge in [-0.3, -0.25) is 4.79 Å². The number of benzene rings is 1. The van der Waals surface area contributed by atoms with Gasteiger partial charge in [0.25, 0.3) is 5.91 Å². The van der Waals surface area contributed by atoms with Crippen LogP contribution in [-0.2, 0) is 0 Å². The Hall–Kier alpha value is -1.35. The molecule has 0 unspecified atom stereocenters. The molecular formula is C16H23NO2. The number of hydrogen-bond donors (Lipinski definition) is 2. The van der Waals surface area contributed by atoms with Crippen LogP contribution < -0.4 is 5.32 Å². The summed E-state index contributed by atoms with van der Waals surface area (Å²) in [5, 5.41) is 13.3. The first-order valence-electron chi connectivity index (χ1n) is 6.96. The zero-order valence-electron chi connectivity index (χ0n) is 11.8. The lowest BCUT2D eigenvalue weighted by atomic mass is 9.71. The summed E-state index contributed by atoms with van der Waals surface area (Å²) in [4.78, 5) is 11.9. The molecule has 1 saturated carbocycles. The number of carbonyl (C=O) groups is 1. The molecule has 0 heterocycles. The molecule has 3 nitrogen and oxygen atoms in total. The minimum absolute atomic E-state index is 0.112. The topological polar surface area (TPSA) is 49.3 Å². The zero-order chi connectivity index (χ0) is 13.9. The van der Waals surface area contributed by atoms with E-state index in [0.29, 0.717) is 17.5 Å². The predicted octanol–water partition coefficient (Wildman–Crippen LogP) is 2.75. The molecule has 0 aliphatic heterocycles. The van der Waals surface area contributed by atoms with Crippen LogP contribution in [0.1, 0.15) is 49.9 Å². The third-order valence-corrected chi connectivity index (χ3v) is 4.15. The molecule has 3 heteroatoms. The van der Waals surface area contributed by atoms with Crippen LogP contribution in [0.3, 0.4) is 0 Å². The average Bonchev–Trinajstić information content (AvgIpc) is 2.41. The highest BCUT2D eigenvalue weighted by molar-refractivity contribution is 5.94. The van der Waals surface area contributed by atoms with E-state index in [9.17, 15) is 9.90 Å². The van der Waals surface area contributed by atoms with Gasteiger partial charge in [-0.25, -0.2) is 0 Å². The van der Waals surface area contributed by atoms with E-state index in [2.05, 4.69) is 19.2 Å². The SMILES string of the molecule is CC1(C)CCC(O)(CNC(=O)c2ccccc2)CC1. The van der Waals surface area contributed by atoms with Crippen LogP contribution in [0.5, 0.6) is 0 Å². The predicted molar refractivity (Wildman–Crippen MR) is 76.0 cm³/mol. The molecule has 1 aliphatic carbocycles. The molecule has 19 heavy (non-hydrogen) atoms. The second-order valence-corrected chi connectivity index (χ2v) is 6.44. The Morgan fingerprint density at radius 2 is 1.74 bits per heavy atom. The monoisotopic (exact) mass is 261 g/mol. The number of nitrogens with one attached hydrogen (secondary N) is 1. The Morgan fingerprint density at radius 1 is 1.16 bits per heavy atom. The molecule has 0 radical (unpaired) electrons. The van der Waals surface area contributed by atoms with Crippen molar-refractivity contribution in [2.24, 2.45) is 5.41 Å². The molecule has 2 rings (SSSR count). The summed E-state index contributed by atoms with van der Waals surface area (Å²) in [5.74, 6) is -0.112. The summed E-state index contributed by atoms with van der Waals surface area (Å²) in [6, 6.07) is 9.12. The Balaban J connectivity index is 1.87. The molecular weight excluding hydrogens is 238 g/mol. The molecule has 2 N–H and O–H groups in total. The third kappa shape index (κ3) is 3.80. The van der Waals surface area contributed by atoms with Gasteiger partial charge in [0, 0.05) is 12.1 Å². The van der Waals surface area contributed by atoms with Gasteiger partial charge in [0.15, 0.2) is 0 Å². The maximum atomic E-state index is 11.9. The molecule has 1 aliphatic rings. The van der Waals surface area contributed by atoms with Crippen molar-refractivity contribution >= 4 is 5.91 Å². The van der Waals surface area contributed by atoms with Crippen LogP contribution in [0.4, 0.5) is 0 Å². The summed E-state index contributed by atoms with van der Waals surface area (Å²) in [6.45, 7) is 4.81. The first-order valence-corrected chi connectivity index (χ1v) is 6.96. The standard InChI is InChI=1S/C16H23NO2/c1-15(2)8-10-16(19,11-9-15)12-17-14(18)13-6-4-3-5-7-13/h3-7,19H,8-12H2,1-2H3,(H,17,18). The lowest BCUT2D eigenvalue weighted by Gasteiger charge is -2.40. The summed E-state index contributed by atoms with van der Waals surface area (Å²) in [6.07, 6.45) is 3.53. The number of aliphatic hydroxyl groups is 1. The van der Waals surface area contributed by atoms with Gasteiger partial charge in [-0.1, -0.05) is 32.0 Å². The normalized spacial score (nSPS) is 20.8. The Morgan fingerprint density at radius 3 is 2.32 bits per heavy atom. The maximum Gasteiger partial charge on any atom is 0.251 e. The molecule has 0 spiro atoms. The molecule has 0 bridgehead atoms. The minimum atomic E-state index is -0.736. The highest BCUT2D eigenvalue weighted by atomic mass is 16.3. The summed E-state index contributed by atoms with van der Waals surface area (Å²) < 4.78 is 0. The Kier molecular flexibility index (Phi) is 3.95. The zero-order valence-corrected chi connectivity index (χ0v) is 11.8. The fourth-order valence-corrected chi connectivity index (χ4v) is 2.51. The van der Waals surface area contributed by atoms with Gasteiger partial charge in [0.05, 0.1) is 5.60 Å². The highest BCUT2D eigenvalue weighted by Gasteiger charge is 2.36. The van der Waals surface area contributed by atoms with E-state index in [0.717, 1.165) is 25.7 Å². The largest absolute Gasteiger partial charge is 0.388 e. The van der Waals surface area contributed by atoms with Crippen LogP contribution >= 0.6 is 0 Å². The molecule has 1 aromatic carbocycles. The van der Waals surface area contributed by atoms with Crippen molar-refractivity contribution in [2.75, 3.05) is 6.54 Å². The summed E-state index contributed by atoms with van der Waals surface area (Å²) in [5.41, 5.74) is 0.220. The van der Waals surface area contributed by atoms with E-state index in [-0.39, 0.29) is 5.91 Å². The van der Waals surface area contributed by atoms with Crippen molar-refractivity contribution in [3.63, 3.8) is 0 Å². The van der Waals surface area contributed by atoms with Crippen molar-refractivity contribution in [2.45, 2.75) is 45.1 Å². The Bertz CT molecular complexity index is 429.